The molecule has 1 saturated carbocycles. The Bertz CT molecular complexity index is 367. The largest absolute Gasteiger partial charge is 0.435 e. The van der Waals surface area contributed by atoms with Crippen LogP contribution in [0.5, 0.6) is 5.75 Å². The van der Waals surface area contributed by atoms with Crippen molar-refractivity contribution < 1.29 is 18.3 Å². The molecule has 0 aromatic heterocycles. The second-order valence-electron chi connectivity index (χ2n) is 4.08. The van der Waals surface area contributed by atoms with Gasteiger partial charge in [0.05, 0.1) is 6.10 Å². The molecule has 1 aromatic rings. The number of nitrogens with one attached hydrogen (secondary N) is 1. The molecule has 94 valence electrons. The molecule has 1 aromatic carbocycles. The monoisotopic (exact) mass is 243 g/mol. The molecular weight excluding hydrogens is 228 g/mol. The quantitative estimate of drug-likeness (QED) is 0.862. The number of anilines is 1. The minimum Gasteiger partial charge on any atom is -0.435 e. The number of methoxy groups -OCH3 is 1. The van der Waals surface area contributed by atoms with Crippen molar-refractivity contribution in [1.29, 1.82) is 0 Å². The Morgan fingerprint density at radius 3 is 2.76 bits per heavy atom. The van der Waals surface area contributed by atoms with Crippen LogP contribution in [0.4, 0.5) is 14.5 Å². The fourth-order valence-electron chi connectivity index (χ4n) is 1.87. The maximum atomic E-state index is 12.0. The Kier molecular flexibility index (Phi) is 3.78. The third kappa shape index (κ3) is 3.30. The van der Waals surface area contributed by atoms with Crippen LogP contribution in [-0.2, 0) is 4.74 Å². The Labute approximate surface area is 98.7 Å². The van der Waals surface area contributed by atoms with Crippen LogP contribution in [0.1, 0.15) is 12.8 Å². The summed E-state index contributed by atoms with van der Waals surface area (Å²) in [5.74, 6) is 0.174. The molecule has 0 atom stereocenters. The Morgan fingerprint density at radius 1 is 1.35 bits per heavy atom. The maximum absolute atomic E-state index is 12.0. The van der Waals surface area contributed by atoms with Gasteiger partial charge in [-0.15, -0.1) is 0 Å². The third-order valence-corrected chi connectivity index (χ3v) is 2.86. The van der Waals surface area contributed by atoms with Gasteiger partial charge >= 0.3 is 6.61 Å². The first-order chi connectivity index (χ1) is 8.17. The fraction of sp³-hybridized carbons (Fsp3) is 0.500. The summed E-state index contributed by atoms with van der Waals surface area (Å²) in [5, 5.41) is 3.25. The summed E-state index contributed by atoms with van der Waals surface area (Å²) in [4.78, 5) is 0. The first-order valence-corrected chi connectivity index (χ1v) is 5.51. The van der Waals surface area contributed by atoms with Crippen LogP contribution < -0.4 is 10.1 Å². The zero-order chi connectivity index (χ0) is 12.3. The lowest BCUT2D eigenvalue weighted by molar-refractivity contribution is -0.0498. The standard InChI is InChI=1S/C12H15F2NO2/c1-16-11-6-9(7-11)15-8-3-2-4-10(5-8)17-12(13)14/h2-5,9,11-12,15H,6-7H2,1H3. The number of alkyl halides is 2. The Hall–Kier alpha value is -1.36. The molecule has 0 radical (unpaired) electrons. The number of benzene rings is 1. The lowest BCUT2D eigenvalue weighted by atomic mass is 9.89. The third-order valence-electron chi connectivity index (χ3n) is 2.86. The molecule has 3 nitrogen and oxygen atoms in total. The lowest BCUT2D eigenvalue weighted by Gasteiger charge is -2.35. The molecule has 1 aliphatic carbocycles. The molecule has 2 rings (SSSR count). The zero-order valence-corrected chi connectivity index (χ0v) is 9.53. The molecule has 17 heavy (non-hydrogen) atoms. The Balaban J connectivity index is 1.88. The highest BCUT2D eigenvalue weighted by molar-refractivity contribution is 5.49. The van der Waals surface area contributed by atoms with Crippen molar-refractivity contribution in [3.63, 3.8) is 0 Å². The number of rotatable bonds is 5. The van der Waals surface area contributed by atoms with E-state index in [1.807, 2.05) is 6.07 Å². The van der Waals surface area contributed by atoms with E-state index >= 15 is 0 Å². The van der Waals surface area contributed by atoms with Crippen LogP contribution in [0, 0.1) is 0 Å². The van der Waals surface area contributed by atoms with Gasteiger partial charge in [0.2, 0.25) is 0 Å². The van der Waals surface area contributed by atoms with Crippen molar-refractivity contribution in [2.75, 3.05) is 12.4 Å². The van der Waals surface area contributed by atoms with E-state index in [0.717, 1.165) is 18.5 Å². The van der Waals surface area contributed by atoms with Crippen molar-refractivity contribution in [3.05, 3.63) is 24.3 Å². The van der Waals surface area contributed by atoms with Crippen molar-refractivity contribution in [2.24, 2.45) is 0 Å². The maximum Gasteiger partial charge on any atom is 0.387 e. The van der Waals surface area contributed by atoms with Crippen LogP contribution in [-0.4, -0.2) is 25.9 Å². The van der Waals surface area contributed by atoms with Gasteiger partial charge < -0.3 is 14.8 Å². The highest BCUT2D eigenvalue weighted by Crippen LogP contribution is 2.27. The first kappa shape index (κ1) is 12.1. The summed E-state index contributed by atoms with van der Waals surface area (Å²) in [6, 6.07) is 6.95. The zero-order valence-electron chi connectivity index (χ0n) is 9.53. The van der Waals surface area contributed by atoms with E-state index in [1.165, 1.54) is 6.07 Å². The van der Waals surface area contributed by atoms with E-state index < -0.39 is 6.61 Å². The second kappa shape index (κ2) is 5.31. The van der Waals surface area contributed by atoms with Gasteiger partial charge in [-0.05, 0) is 25.0 Å². The summed E-state index contributed by atoms with van der Waals surface area (Å²) < 4.78 is 33.6. The molecular formula is C12H15F2NO2. The van der Waals surface area contributed by atoms with Crippen LogP contribution >= 0.6 is 0 Å². The van der Waals surface area contributed by atoms with E-state index in [1.54, 1.807) is 19.2 Å². The van der Waals surface area contributed by atoms with E-state index in [-0.39, 0.29) is 5.75 Å². The number of hydrogen-bond acceptors (Lipinski definition) is 3. The fourth-order valence-corrected chi connectivity index (χ4v) is 1.87. The van der Waals surface area contributed by atoms with E-state index in [4.69, 9.17) is 4.74 Å². The number of ether oxygens (including phenoxy) is 2. The molecule has 0 amide bonds. The lowest BCUT2D eigenvalue weighted by Crippen LogP contribution is -2.40. The van der Waals surface area contributed by atoms with Crippen molar-refractivity contribution in [2.45, 2.75) is 31.6 Å². The van der Waals surface area contributed by atoms with Crippen molar-refractivity contribution in [1.82, 2.24) is 0 Å². The normalized spacial score (nSPS) is 23.3. The van der Waals surface area contributed by atoms with Crippen LogP contribution in [0.3, 0.4) is 0 Å². The van der Waals surface area contributed by atoms with Crippen molar-refractivity contribution >= 4 is 5.69 Å². The van der Waals surface area contributed by atoms with Crippen LogP contribution in [0.25, 0.3) is 0 Å². The molecule has 0 spiro atoms. The molecule has 0 unspecified atom stereocenters. The van der Waals surface area contributed by atoms with Gasteiger partial charge in [-0.25, -0.2) is 0 Å². The van der Waals surface area contributed by atoms with Gasteiger partial charge in [0, 0.05) is 24.9 Å². The first-order valence-electron chi connectivity index (χ1n) is 5.51. The highest BCUT2D eigenvalue weighted by atomic mass is 19.3. The number of halogens is 2. The smallest absolute Gasteiger partial charge is 0.387 e. The van der Waals surface area contributed by atoms with Gasteiger partial charge in [-0.1, -0.05) is 6.07 Å². The van der Waals surface area contributed by atoms with Crippen LogP contribution in [0.2, 0.25) is 0 Å². The molecule has 5 heteroatoms. The predicted octanol–water partition coefficient (Wildman–Crippen LogP) is 2.88. The van der Waals surface area contributed by atoms with Gasteiger partial charge in [-0.2, -0.15) is 8.78 Å². The predicted molar refractivity (Wildman–Crippen MR) is 60.5 cm³/mol. The van der Waals surface area contributed by atoms with E-state index in [9.17, 15) is 8.78 Å². The summed E-state index contributed by atoms with van der Waals surface area (Å²) in [6.07, 6.45) is 2.19. The second-order valence-corrected chi connectivity index (χ2v) is 4.08. The average Bonchev–Trinajstić information content (AvgIpc) is 2.22. The highest BCUT2D eigenvalue weighted by Gasteiger charge is 2.28. The molecule has 1 N–H and O–H groups in total. The van der Waals surface area contributed by atoms with Crippen LogP contribution in [0.15, 0.2) is 24.3 Å². The number of hydrogen-bond donors (Lipinski definition) is 1. The molecule has 0 saturated heterocycles. The Morgan fingerprint density at radius 2 is 2.12 bits per heavy atom. The van der Waals surface area contributed by atoms with E-state index in [0.29, 0.717) is 12.1 Å². The molecule has 0 bridgehead atoms. The van der Waals surface area contributed by atoms with Gasteiger partial charge in [-0.3, -0.25) is 0 Å². The van der Waals surface area contributed by atoms with E-state index in [2.05, 4.69) is 10.1 Å². The summed E-state index contributed by atoms with van der Waals surface area (Å²) in [7, 11) is 1.69. The van der Waals surface area contributed by atoms with Gasteiger partial charge in [0.1, 0.15) is 5.75 Å². The molecule has 0 heterocycles. The summed E-state index contributed by atoms with van der Waals surface area (Å²) in [6.45, 7) is -2.79. The molecule has 1 fully saturated rings. The minimum absolute atomic E-state index is 0.174. The van der Waals surface area contributed by atoms with Crippen molar-refractivity contribution in [3.8, 4) is 5.75 Å². The van der Waals surface area contributed by atoms with Gasteiger partial charge in [0.15, 0.2) is 0 Å². The molecule has 1 aliphatic rings. The summed E-state index contributed by atoms with van der Waals surface area (Å²) >= 11 is 0. The minimum atomic E-state index is -2.79. The molecule has 0 aliphatic heterocycles. The topological polar surface area (TPSA) is 30.5 Å². The average molecular weight is 243 g/mol. The summed E-state index contributed by atoms with van der Waals surface area (Å²) in [5.41, 5.74) is 0.794. The SMILES string of the molecule is COC1CC(Nc2cccc(OC(F)F)c2)C1. The van der Waals surface area contributed by atoms with Gasteiger partial charge in [0.25, 0.3) is 0 Å².